The zero-order valence-electron chi connectivity index (χ0n) is 15.5. The quantitative estimate of drug-likeness (QED) is 0.618. The Morgan fingerprint density at radius 1 is 0.966 bits per heavy atom. The van der Waals surface area contributed by atoms with Crippen molar-refractivity contribution in [2.75, 3.05) is 12.4 Å². The van der Waals surface area contributed by atoms with E-state index in [-0.39, 0.29) is 28.9 Å². The minimum atomic E-state index is -0.398. The molecule has 2 N–H and O–H groups in total. The van der Waals surface area contributed by atoms with E-state index in [4.69, 9.17) is 16.3 Å². The van der Waals surface area contributed by atoms with Gasteiger partial charge in [0.2, 0.25) is 0 Å². The lowest BCUT2D eigenvalue weighted by atomic mass is 10.1. The molecule has 5 nitrogen and oxygen atoms in total. The summed E-state index contributed by atoms with van der Waals surface area (Å²) in [6, 6.07) is 17.4. The fraction of sp³-hybridized carbons (Fsp3) is 0.0909. The highest BCUT2D eigenvalue weighted by atomic mass is 35.5. The Kier molecular flexibility index (Phi) is 6.46. The molecule has 0 aromatic heterocycles. The minimum absolute atomic E-state index is 0.187. The van der Waals surface area contributed by atoms with E-state index in [1.54, 1.807) is 48.5 Å². The number of rotatable bonds is 6. The third-order valence-electron chi connectivity index (χ3n) is 4.14. The van der Waals surface area contributed by atoms with Crippen molar-refractivity contribution < 1.29 is 18.7 Å². The van der Waals surface area contributed by atoms with Crippen molar-refractivity contribution >= 4 is 29.1 Å². The van der Waals surface area contributed by atoms with E-state index in [0.29, 0.717) is 17.0 Å². The average molecular weight is 413 g/mol. The van der Waals surface area contributed by atoms with Crippen molar-refractivity contribution in [3.05, 3.63) is 94.3 Å². The zero-order chi connectivity index (χ0) is 20.8. The van der Waals surface area contributed by atoms with Crippen LogP contribution in [0.4, 0.5) is 10.1 Å². The third-order valence-corrected chi connectivity index (χ3v) is 4.46. The lowest BCUT2D eigenvalue weighted by molar-refractivity contribution is 0.0961. The van der Waals surface area contributed by atoms with Crippen LogP contribution in [0, 0.1) is 5.82 Å². The smallest absolute Gasteiger partial charge is 0.259 e. The van der Waals surface area contributed by atoms with Gasteiger partial charge in [-0.2, -0.15) is 0 Å². The fourth-order valence-corrected chi connectivity index (χ4v) is 2.84. The van der Waals surface area contributed by atoms with Crippen LogP contribution in [0.3, 0.4) is 0 Å². The Hall–Kier alpha value is -3.38. The monoisotopic (exact) mass is 412 g/mol. The molecule has 0 atom stereocenters. The van der Waals surface area contributed by atoms with Gasteiger partial charge in [-0.25, -0.2) is 4.39 Å². The summed E-state index contributed by atoms with van der Waals surface area (Å²) in [5.74, 6) is -0.693. The van der Waals surface area contributed by atoms with E-state index in [0.717, 1.165) is 5.56 Å². The van der Waals surface area contributed by atoms with E-state index in [1.807, 2.05) is 0 Å². The molecular weight excluding hydrogens is 395 g/mol. The van der Waals surface area contributed by atoms with E-state index < -0.39 is 5.91 Å². The molecule has 0 radical (unpaired) electrons. The number of carbonyl (C=O) groups excluding carboxylic acids is 2. The molecule has 0 heterocycles. The number of para-hydroxylation sites is 1. The number of anilines is 1. The van der Waals surface area contributed by atoms with Crippen LogP contribution in [0.5, 0.6) is 5.75 Å². The standard InChI is InChI=1S/C22H18ClFN2O3/c1-25-21(27)18-12-16(10-11-19(18)23)26-22(28)17-4-2-3-5-20(17)29-13-14-6-8-15(24)9-7-14/h2-12H,13H2,1H3,(H,25,27)(H,26,28). The molecule has 0 spiro atoms. The first kappa shape index (κ1) is 20.4. The molecule has 29 heavy (non-hydrogen) atoms. The first-order valence-corrected chi connectivity index (χ1v) is 9.15. The van der Waals surface area contributed by atoms with Crippen molar-refractivity contribution in [3.8, 4) is 5.75 Å². The van der Waals surface area contributed by atoms with Gasteiger partial charge in [-0.05, 0) is 48.0 Å². The first-order chi connectivity index (χ1) is 14.0. The molecule has 2 amide bonds. The van der Waals surface area contributed by atoms with Crippen LogP contribution in [-0.2, 0) is 6.61 Å². The molecule has 0 saturated carbocycles. The number of benzene rings is 3. The van der Waals surface area contributed by atoms with E-state index in [2.05, 4.69) is 10.6 Å². The Morgan fingerprint density at radius 3 is 2.41 bits per heavy atom. The summed E-state index contributed by atoms with van der Waals surface area (Å²) in [6.45, 7) is 0.187. The summed E-state index contributed by atoms with van der Waals surface area (Å²) in [7, 11) is 1.50. The van der Waals surface area contributed by atoms with Crippen molar-refractivity contribution in [1.29, 1.82) is 0 Å². The predicted molar refractivity (Wildman–Crippen MR) is 110 cm³/mol. The highest BCUT2D eigenvalue weighted by Crippen LogP contribution is 2.24. The van der Waals surface area contributed by atoms with Crippen LogP contribution in [-0.4, -0.2) is 18.9 Å². The van der Waals surface area contributed by atoms with Crippen LogP contribution < -0.4 is 15.4 Å². The second-order valence-electron chi connectivity index (χ2n) is 6.14. The molecule has 0 saturated heterocycles. The van der Waals surface area contributed by atoms with Crippen LogP contribution in [0.1, 0.15) is 26.3 Å². The average Bonchev–Trinajstić information content (AvgIpc) is 2.74. The number of carbonyl (C=O) groups is 2. The normalized spacial score (nSPS) is 10.3. The third kappa shape index (κ3) is 5.12. The van der Waals surface area contributed by atoms with Crippen molar-refractivity contribution in [2.24, 2.45) is 0 Å². The number of hydrogen-bond acceptors (Lipinski definition) is 3. The summed E-state index contributed by atoms with van der Waals surface area (Å²) < 4.78 is 18.8. The Labute approximate surface area is 172 Å². The van der Waals surface area contributed by atoms with Gasteiger partial charge < -0.3 is 15.4 Å². The van der Waals surface area contributed by atoms with Gasteiger partial charge in [-0.1, -0.05) is 35.9 Å². The van der Waals surface area contributed by atoms with Gasteiger partial charge in [0, 0.05) is 12.7 Å². The Balaban J connectivity index is 1.76. The molecule has 0 aliphatic heterocycles. The number of nitrogens with one attached hydrogen (secondary N) is 2. The maximum Gasteiger partial charge on any atom is 0.259 e. The maximum absolute atomic E-state index is 13.0. The summed E-state index contributed by atoms with van der Waals surface area (Å²) in [6.07, 6.45) is 0. The van der Waals surface area contributed by atoms with Gasteiger partial charge in [-0.3, -0.25) is 9.59 Å². The first-order valence-electron chi connectivity index (χ1n) is 8.77. The molecule has 148 valence electrons. The van der Waals surface area contributed by atoms with Crippen molar-refractivity contribution in [2.45, 2.75) is 6.61 Å². The molecule has 0 aliphatic carbocycles. The summed E-state index contributed by atoms with van der Waals surface area (Å²) in [5, 5.41) is 5.53. The number of amides is 2. The van der Waals surface area contributed by atoms with Gasteiger partial charge in [0.15, 0.2) is 0 Å². The van der Waals surface area contributed by atoms with Gasteiger partial charge in [0.05, 0.1) is 16.1 Å². The summed E-state index contributed by atoms with van der Waals surface area (Å²) >= 11 is 6.04. The fourth-order valence-electron chi connectivity index (χ4n) is 2.63. The van der Waals surface area contributed by atoms with Crippen LogP contribution in [0.25, 0.3) is 0 Å². The second kappa shape index (κ2) is 9.21. The molecule has 0 unspecified atom stereocenters. The maximum atomic E-state index is 13.0. The van der Waals surface area contributed by atoms with E-state index >= 15 is 0 Å². The molecule has 3 aromatic carbocycles. The van der Waals surface area contributed by atoms with Gasteiger partial charge in [0.25, 0.3) is 11.8 Å². The molecule has 7 heteroatoms. The highest BCUT2D eigenvalue weighted by molar-refractivity contribution is 6.34. The molecule has 0 bridgehead atoms. The van der Waals surface area contributed by atoms with Gasteiger partial charge in [-0.15, -0.1) is 0 Å². The van der Waals surface area contributed by atoms with Gasteiger partial charge >= 0.3 is 0 Å². The number of ether oxygens (including phenoxy) is 1. The molecular formula is C22H18ClFN2O3. The predicted octanol–water partition coefficient (Wildman–Crippen LogP) is 4.67. The number of halogens is 2. The molecule has 0 fully saturated rings. The molecule has 3 rings (SSSR count). The Bertz CT molecular complexity index is 1040. The summed E-state index contributed by atoms with van der Waals surface area (Å²) in [5.41, 5.74) is 1.78. The van der Waals surface area contributed by atoms with Crippen LogP contribution in [0.15, 0.2) is 66.7 Å². The second-order valence-corrected chi connectivity index (χ2v) is 6.55. The molecule has 0 aliphatic rings. The van der Waals surface area contributed by atoms with Gasteiger partial charge in [0.1, 0.15) is 18.2 Å². The molecule has 3 aromatic rings. The SMILES string of the molecule is CNC(=O)c1cc(NC(=O)c2ccccc2OCc2ccc(F)cc2)ccc1Cl. The largest absolute Gasteiger partial charge is 0.488 e. The minimum Gasteiger partial charge on any atom is -0.488 e. The Morgan fingerprint density at radius 2 is 1.69 bits per heavy atom. The van der Waals surface area contributed by atoms with Crippen molar-refractivity contribution in [1.82, 2.24) is 5.32 Å². The van der Waals surface area contributed by atoms with Crippen LogP contribution in [0.2, 0.25) is 5.02 Å². The topological polar surface area (TPSA) is 67.4 Å². The number of hydrogen-bond donors (Lipinski definition) is 2. The van der Waals surface area contributed by atoms with Crippen LogP contribution >= 0.6 is 11.6 Å². The lowest BCUT2D eigenvalue weighted by Gasteiger charge is -2.13. The highest BCUT2D eigenvalue weighted by Gasteiger charge is 2.15. The van der Waals surface area contributed by atoms with Crippen molar-refractivity contribution in [3.63, 3.8) is 0 Å². The van der Waals surface area contributed by atoms with E-state index in [9.17, 15) is 14.0 Å². The lowest BCUT2D eigenvalue weighted by Crippen LogP contribution is -2.19. The zero-order valence-corrected chi connectivity index (χ0v) is 16.3. The summed E-state index contributed by atoms with van der Waals surface area (Å²) in [4.78, 5) is 24.6. The van der Waals surface area contributed by atoms with E-state index in [1.165, 1.54) is 25.2 Å².